The van der Waals surface area contributed by atoms with Crippen molar-refractivity contribution >= 4 is 81.4 Å². The first-order chi connectivity index (χ1) is 16.6. The number of benzene rings is 1. The van der Waals surface area contributed by atoms with Gasteiger partial charge in [0, 0.05) is 34.7 Å². The number of rotatable bonds is 5. The lowest BCUT2D eigenvalue weighted by Crippen LogP contribution is -2.44. The Morgan fingerprint density at radius 1 is 0.941 bits per heavy atom. The van der Waals surface area contributed by atoms with Crippen LogP contribution in [0.15, 0.2) is 68.5 Å². The lowest BCUT2D eigenvalue weighted by atomic mass is 10.2. The molecule has 0 N–H and O–H groups in total. The molecule has 0 radical (unpaired) electrons. The smallest absolute Gasteiger partial charge is 0.299 e. The van der Waals surface area contributed by atoms with E-state index in [1.807, 2.05) is 59.4 Å². The van der Waals surface area contributed by atoms with Crippen molar-refractivity contribution in [3.05, 3.63) is 90.9 Å². The monoisotopic (exact) mass is 564 g/mol. The van der Waals surface area contributed by atoms with Crippen LogP contribution in [0, 0.1) is 0 Å². The lowest BCUT2D eigenvalue weighted by Gasteiger charge is -2.12. The Hall–Kier alpha value is -1.11. The molecule has 176 valence electrons. The summed E-state index contributed by atoms with van der Waals surface area (Å²) in [6.45, 7) is 2.50. The molecule has 34 heavy (non-hydrogen) atoms. The Balaban J connectivity index is 1.50. The summed E-state index contributed by atoms with van der Waals surface area (Å²) in [5.74, 6) is 1.68. The molecular formula is C23H20N2O3S6. The first-order valence-corrected chi connectivity index (χ1v) is 16.0. The normalized spacial score (nSPS) is 17.9. The number of hydrogen-bond acceptors (Lipinski definition) is 9. The van der Waals surface area contributed by atoms with Gasteiger partial charge >= 0.3 is 5.69 Å². The summed E-state index contributed by atoms with van der Waals surface area (Å²) in [5, 5.41) is 1.97. The molecule has 11 heteroatoms. The van der Waals surface area contributed by atoms with Crippen LogP contribution in [0.3, 0.4) is 0 Å². The molecule has 5 rings (SSSR count). The van der Waals surface area contributed by atoms with E-state index in [4.69, 9.17) is 0 Å². The van der Waals surface area contributed by atoms with Gasteiger partial charge in [-0.25, -0.2) is 4.79 Å². The van der Waals surface area contributed by atoms with Crippen LogP contribution < -0.4 is 11.2 Å². The van der Waals surface area contributed by atoms with Crippen LogP contribution in [-0.4, -0.2) is 26.5 Å². The van der Waals surface area contributed by atoms with Gasteiger partial charge in [-0.2, -0.15) is 4.57 Å². The van der Waals surface area contributed by atoms with E-state index in [2.05, 4.69) is 0 Å². The SMILES string of the molecule is CCCCn1cc(C2=CSC(=C3SC4=C(SCCS4)S3)S2)c(=O)n(C(=O)c2ccccc2)c1=O. The predicted octanol–water partition coefficient (Wildman–Crippen LogP) is 6.49. The van der Waals surface area contributed by atoms with E-state index in [1.54, 1.807) is 60.1 Å². The van der Waals surface area contributed by atoms with Crippen LogP contribution in [0.1, 0.15) is 35.7 Å². The first kappa shape index (κ1) is 24.6. The second-order valence-electron chi connectivity index (χ2n) is 7.44. The van der Waals surface area contributed by atoms with E-state index < -0.39 is 17.2 Å². The summed E-state index contributed by atoms with van der Waals surface area (Å²) in [7, 11) is 0. The average Bonchev–Trinajstić information content (AvgIpc) is 3.51. The van der Waals surface area contributed by atoms with Gasteiger partial charge < -0.3 is 0 Å². The number of unbranched alkanes of at least 4 members (excludes halogenated alkanes) is 1. The van der Waals surface area contributed by atoms with Gasteiger partial charge in [0.05, 0.1) is 22.5 Å². The lowest BCUT2D eigenvalue weighted by molar-refractivity contribution is 0.0948. The Labute approximate surface area is 222 Å². The van der Waals surface area contributed by atoms with Gasteiger partial charge in [-0.15, -0.1) is 23.5 Å². The number of hydrogen-bond donors (Lipinski definition) is 0. The molecule has 0 amide bonds. The standard InChI is InChI=1S/C23H20N2O3S6/c1-2-3-9-24-12-15(18(27)25(23(24)28)17(26)14-7-5-4-6-8-14)16-13-31-21(32-16)22-33-19-20(34-22)30-11-10-29-19/h4-8,12-13H,2-3,9-11H2,1H3. The molecule has 3 aliphatic heterocycles. The summed E-state index contributed by atoms with van der Waals surface area (Å²) in [6.07, 6.45) is 3.32. The molecule has 0 atom stereocenters. The minimum atomic E-state index is -0.592. The number of thioether (sulfide) groups is 6. The van der Waals surface area contributed by atoms with Crippen LogP contribution in [0.25, 0.3) is 4.91 Å². The summed E-state index contributed by atoms with van der Waals surface area (Å²) in [6, 6.07) is 8.49. The fraction of sp³-hybridized carbons (Fsp3) is 0.261. The molecule has 1 aromatic heterocycles. The number of aromatic nitrogens is 2. The third-order valence-corrected chi connectivity index (χ3v) is 13.8. The van der Waals surface area contributed by atoms with Crippen LogP contribution in [0.5, 0.6) is 0 Å². The van der Waals surface area contributed by atoms with E-state index in [-0.39, 0.29) is 0 Å². The molecule has 0 saturated heterocycles. The van der Waals surface area contributed by atoms with E-state index in [0.717, 1.165) is 38.1 Å². The maximum atomic E-state index is 13.5. The zero-order valence-corrected chi connectivity index (χ0v) is 23.0. The van der Waals surface area contributed by atoms with Crippen LogP contribution in [0.4, 0.5) is 0 Å². The zero-order chi connectivity index (χ0) is 23.7. The third kappa shape index (κ3) is 4.92. The van der Waals surface area contributed by atoms with E-state index in [0.29, 0.717) is 17.7 Å². The Bertz CT molecular complexity index is 1340. The van der Waals surface area contributed by atoms with Crippen molar-refractivity contribution < 1.29 is 4.79 Å². The second-order valence-corrected chi connectivity index (χ2v) is 14.7. The van der Waals surface area contributed by atoms with Gasteiger partial charge in [0.2, 0.25) is 0 Å². The third-order valence-electron chi connectivity index (χ3n) is 5.13. The van der Waals surface area contributed by atoms with E-state index in [1.165, 1.54) is 17.3 Å². The molecule has 0 unspecified atom stereocenters. The molecule has 5 nitrogen and oxygen atoms in total. The predicted molar refractivity (Wildman–Crippen MR) is 153 cm³/mol. The molecule has 4 heterocycles. The molecule has 1 aromatic carbocycles. The molecule has 2 aromatic rings. The van der Waals surface area contributed by atoms with Gasteiger partial charge in [0.25, 0.3) is 11.5 Å². The fourth-order valence-electron chi connectivity index (χ4n) is 3.41. The van der Waals surface area contributed by atoms with Crippen LogP contribution in [0.2, 0.25) is 0 Å². The zero-order valence-electron chi connectivity index (χ0n) is 18.1. The highest BCUT2D eigenvalue weighted by atomic mass is 32.3. The minimum absolute atomic E-state index is 0.316. The van der Waals surface area contributed by atoms with Gasteiger partial charge in [0.1, 0.15) is 0 Å². The topological polar surface area (TPSA) is 61.1 Å². The highest BCUT2D eigenvalue weighted by molar-refractivity contribution is 8.43. The summed E-state index contributed by atoms with van der Waals surface area (Å²) < 4.78 is 7.44. The van der Waals surface area contributed by atoms with Crippen molar-refractivity contribution in [2.24, 2.45) is 0 Å². The Kier molecular flexibility index (Phi) is 7.86. The van der Waals surface area contributed by atoms with E-state index >= 15 is 0 Å². The van der Waals surface area contributed by atoms with Gasteiger partial charge in [-0.1, -0.05) is 78.6 Å². The van der Waals surface area contributed by atoms with Gasteiger partial charge in [-0.05, 0) is 24.0 Å². The fourth-order valence-corrected chi connectivity index (χ4v) is 12.0. The molecule has 0 saturated carbocycles. The Morgan fingerprint density at radius 3 is 2.32 bits per heavy atom. The summed E-state index contributed by atoms with van der Waals surface area (Å²) >= 11 is 10.6. The Morgan fingerprint density at radius 2 is 1.65 bits per heavy atom. The average molecular weight is 565 g/mol. The van der Waals surface area contributed by atoms with E-state index in [9.17, 15) is 14.4 Å². The van der Waals surface area contributed by atoms with Crippen molar-refractivity contribution in [1.82, 2.24) is 9.13 Å². The molecule has 0 spiro atoms. The minimum Gasteiger partial charge on any atom is -0.299 e. The maximum absolute atomic E-state index is 13.5. The highest BCUT2D eigenvalue weighted by Crippen LogP contribution is 2.64. The number of aryl methyl sites for hydroxylation is 1. The maximum Gasteiger partial charge on any atom is 0.338 e. The van der Waals surface area contributed by atoms with Crippen molar-refractivity contribution in [3.8, 4) is 0 Å². The van der Waals surface area contributed by atoms with Crippen molar-refractivity contribution in [3.63, 3.8) is 0 Å². The first-order valence-electron chi connectivity index (χ1n) is 10.7. The van der Waals surface area contributed by atoms with Gasteiger partial charge in [-0.3, -0.25) is 14.2 Å². The highest BCUT2D eigenvalue weighted by Gasteiger charge is 2.30. The molecule has 0 aliphatic carbocycles. The molecule has 0 fully saturated rings. The quantitative estimate of drug-likeness (QED) is 0.405. The van der Waals surface area contributed by atoms with Crippen LogP contribution >= 0.6 is 70.6 Å². The molecule has 3 aliphatic rings. The van der Waals surface area contributed by atoms with Gasteiger partial charge in [0.15, 0.2) is 0 Å². The van der Waals surface area contributed by atoms with Crippen molar-refractivity contribution in [2.45, 2.75) is 26.3 Å². The number of carbonyl (C=O) groups is 1. The molecule has 0 bridgehead atoms. The number of carbonyl (C=O) groups excluding carboxylic acids is 1. The second kappa shape index (κ2) is 10.9. The summed E-state index contributed by atoms with van der Waals surface area (Å²) in [4.78, 5) is 40.6. The largest absolute Gasteiger partial charge is 0.338 e. The van der Waals surface area contributed by atoms with Crippen molar-refractivity contribution in [2.75, 3.05) is 11.5 Å². The van der Waals surface area contributed by atoms with Crippen LogP contribution in [-0.2, 0) is 6.54 Å². The summed E-state index contributed by atoms with van der Waals surface area (Å²) in [5.41, 5.74) is -0.440. The van der Waals surface area contributed by atoms with Crippen molar-refractivity contribution in [1.29, 1.82) is 0 Å². The number of nitrogens with zero attached hydrogens (tertiary/aromatic N) is 2. The molecular weight excluding hydrogens is 545 g/mol.